The molecule has 1 aliphatic heterocycles. The Labute approximate surface area is 206 Å². The van der Waals surface area contributed by atoms with Gasteiger partial charge >= 0.3 is 5.97 Å². The summed E-state index contributed by atoms with van der Waals surface area (Å²) in [4.78, 5) is 28.3. The number of aromatic hydroxyl groups is 4. The van der Waals surface area contributed by atoms with Crippen molar-refractivity contribution < 1.29 is 34.8 Å². The minimum atomic E-state index is -1.04. The Hall–Kier alpha value is -3.91. The molecule has 9 heteroatoms. The molecule has 1 aliphatic rings. The van der Waals surface area contributed by atoms with E-state index in [9.17, 15) is 30.0 Å². The van der Waals surface area contributed by atoms with Crippen LogP contribution in [0.25, 0.3) is 0 Å². The van der Waals surface area contributed by atoms with Crippen LogP contribution >= 0.6 is 11.6 Å². The third-order valence-electron chi connectivity index (χ3n) is 6.05. The number of nitrogens with zero attached hydrogens (tertiary/aromatic N) is 1. The van der Waals surface area contributed by atoms with Gasteiger partial charge in [-0.2, -0.15) is 0 Å². The van der Waals surface area contributed by atoms with Crippen molar-refractivity contribution in [2.24, 2.45) is 0 Å². The number of carbonyl (C=O) groups excluding carboxylic acids is 2. The Morgan fingerprint density at radius 3 is 2.34 bits per heavy atom. The van der Waals surface area contributed by atoms with Gasteiger partial charge in [0.2, 0.25) is 0 Å². The third-order valence-corrected chi connectivity index (χ3v) is 6.38. The van der Waals surface area contributed by atoms with E-state index in [0.717, 1.165) is 0 Å². The lowest BCUT2D eigenvalue weighted by molar-refractivity contribution is -0.149. The van der Waals surface area contributed by atoms with Crippen molar-refractivity contribution in [2.75, 3.05) is 6.61 Å². The van der Waals surface area contributed by atoms with Gasteiger partial charge in [0.25, 0.3) is 5.91 Å². The Balaban J connectivity index is 1.90. The molecule has 4 rings (SSSR count). The number of benzene rings is 3. The van der Waals surface area contributed by atoms with Crippen LogP contribution in [-0.4, -0.2) is 49.9 Å². The largest absolute Gasteiger partial charge is 0.504 e. The van der Waals surface area contributed by atoms with Crippen molar-refractivity contribution in [1.29, 1.82) is 0 Å². The SMILES string of the molecule is CCOC(=O)[C@@H]1Cc2cc(O)c(O)cc2[C@H](Cc2ccc(O)c(O)c2)N1C(=O)c1ccccc1Cl. The van der Waals surface area contributed by atoms with Crippen molar-refractivity contribution in [1.82, 2.24) is 4.90 Å². The minimum absolute atomic E-state index is 0.0511. The Kier molecular flexibility index (Phi) is 6.75. The average Bonchev–Trinajstić information content (AvgIpc) is 2.82. The Morgan fingerprint density at radius 1 is 0.971 bits per heavy atom. The average molecular weight is 498 g/mol. The molecule has 182 valence electrons. The first-order chi connectivity index (χ1) is 16.7. The van der Waals surface area contributed by atoms with Crippen LogP contribution < -0.4 is 0 Å². The summed E-state index contributed by atoms with van der Waals surface area (Å²) in [7, 11) is 0. The van der Waals surface area contributed by atoms with Crippen molar-refractivity contribution in [3.05, 3.63) is 81.9 Å². The van der Waals surface area contributed by atoms with Gasteiger partial charge in [-0.25, -0.2) is 4.79 Å². The number of esters is 1. The molecule has 1 amide bonds. The van der Waals surface area contributed by atoms with Crippen LogP contribution in [0.1, 0.15) is 40.0 Å². The molecule has 2 atom stereocenters. The maximum Gasteiger partial charge on any atom is 0.329 e. The Bertz CT molecular complexity index is 1290. The molecule has 0 aliphatic carbocycles. The summed E-state index contributed by atoms with van der Waals surface area (Å²) in [6.45, 7) is 1.77. The summed E-state index contributed by atoms with van der Waals surface area (Å²) in [5.74, 6) is -2.49. The topological polar surface area (TPSA) is 128 Å². The van der Waals surface area contributed by atoms with Crippen molar-refractivity contribution in [3.63, 3.8) is 0 Å². The minimum Gasteiger partial charge on any atom is -0.504 e. The first-order valence-electron chi connectivity index (χ1n) is 11.0. The zero-order valence-electron chi connectivity index (χ0n) is 18.8. The highest BCUT2D eigenvalue weighted by Gasteiger charge is 2.43. The van der Waals surface area contributed by atoms with Crippen LogP contribution in [-0.2, 0) is 22.4 Å². The van der Waals surface area contributed by atoms with Gasteiger partial charge in [0.05, 0.1) is 23.2 Å². The first kappa shape index (κ1) is 24.2. The number of hydrogen-bond donors (Lipinski definition) is 4. The molecule has 35 heavy (non-hydrogen) atoms. The number of phenols is 4. The molecule has 0 spiro atoms. The molecule has 8 nitrogen and oxygen atoms in total. The van der Waals surface area contributed by atoms with Crippen molar-refractivity contribution >= 4 is 23.5 Å². The second-order valence-corrected chi connectivity index (χ2v) is 8.65. The third kappa shape index (κ3) is 4.70. The van der Waals surface area contributed by atoms with E-state index in [0.29, 0.717) is 16.7 Å². The number of hydrogen-bond acceptors (Lipinski definition) is 7. The van der Waals surface area contributed by atoms with Crippen LogP contribution in [0.3, 0.4) is 0 Å². The highest BCUT2D eigenvalue weighted by Crippen LogP contribution is 2.42. The number of rotatable bonds is 5. The molecule has 3 aromatic carbocycles. The fourth-order valence-corrected chi connectivity index (χ4v) is 4.63. The van der Waals surface area contributed by atoms with E-state index in [1.165, 1.54) is 29.2 Å². The smallest absolute Gasteiger partial charge is 0.329 e. The molecule has 4 N–H and O–H groups in total. The zero-order chi connectivity index (χ0) is 25.3. The summed E-state index contributed by atoms with van der Waals surface area (Å²) in [5, 5.41) is 40.3. The van der Waals surface area contributed by atoms with E-state index in [4.69, 9.17) is 16.3 Å². The normalized spacial score (nSPS) is 17.0. The van der Waals surface area contributed by atoms with E-state index < -0.39 is 24.0 Å². The summed E-state index contributed by atoms with van der Waals surface area (Å²) >= 11 is 6.32. The second kappa shape index (κ2) is 9.76. The lowest BCUT2D eigenvalue weighted by Crippen LogP contribution is -2.52. The molecule has 0 saturated carbocycles. The highest BCUT2D eigenvalue weighted by molar-refractivity contribution is 6.33. The van der Waals surface area contributed by atoms with Crippen LogP contribution in [0.2, 0.25) is 5.02 Å². The van der Waals surface area contributed by atoms with Gasteiger partial charge in [0.1, 0.15) is 6.04 Å². The molecular formula is C26H24ClNO7. The number of fused-ring (bicyclic) bond motifs is 1. The number of ether oxygens (including phenoxy) is 1. The van der Waals surface area contributed by atoms with Gasteiger partial charge in [-0.1, -0.05) is 29.8 Å². The van der Waals surface area contributed by atoms with Crippen LogP contribution in [0.4, 0.5) is 0 Å². The van der Waals surface area contributed by atoms with Gasteiger partial charge in [-0.05, 0) is 66.4 Å². The summed E-state index contributed by atoms with van der Waals surface area (Å²) < 4.78 is 5.28. The van der Waals surface area contributed by atoms with E-state index >= 15 is 0 Å². The standard InChI is InChI=1S/C26H24ClNO7/c1-2-35-26(34)20-11-15-12-23(31)24(32)13-17(15)19(9-14-7-8-21(29)22(30)10-14)28(20)25(33)16-5-3-4-6-18(16)27/h3-8,10,12-13,19-20,29-32H,2,9,11H2,1H3/t19-,20-/m0/s1. The molecule has 0 saturated heterocycles. The highest BCUT2D eigenvalue weighted by atomic mass is 35.5. The van der Waals surface area contributed by atoms with Gasteiger partial charge < -0.3 is 30.1 Å². The van der Waals surface area contributed by atoms with Gasteiger partial charge in [-0.3, -0.25) is 4.79 Å². The monoisotopic (exact) mass is 497 g/mol. The number of phenolic OH excluding ortho intramolecular Hbond substituents is 4. The van der Waals surface area contributed by atoms with E-state index in [1.807, 2.05) is 0 Å². The zero-order valence-corrected chi connectivity index (χ0v) is 19.6. The molecule has 0 unspecified atom stereocenters. The van der Waals surface area contributed by atoms with Crippen molar-refractivity contribution in [3.8, 4) is 23.0 Å². The number of halogens is 1. The molecule has 3 aromatic rings. The lowest BCUT2D eigenvalue weighted by atomic mass is 9.84. The predicted octanol–water partition coefficient (Wildman–Crippen LogP) is 4.08. The maximum absolute atomic E-state index is 13.9. The molecule has 1 heterocycles. The fourth-order valence-electron chi connectivity index (χ4n) is 4.42. The second-order valence-electron chi connectivity index (χ2n) is 8.25. The van der Waals surface area contributed by atoms with Crippen LogP contribution in [0.5, 0.6) is 23.0 Å². The fraction of sp³-hybridized carbons (Fsp3) is 0.231. The summed E-state index contributed by atoms with van der Waals surface area (Å²) in [6.07, 6.45) is 0.173. The number of carbonyl (C=O) groups is 2. The maximum atomic E-state index is 13.9. The van der Waals surface area contributed by atoms with E-state index in [1.54, 1.807) is 37.3 Å². The lowest BCUT2D eigenvalue weighted by Gasteiger charge is -2.42. The van der Waals surface area contributed by atoms with E-state index in [2.05, 4.69) is 0 Å². The molecule has 0 aromatic heterocycles. The molecular weight excluding hydrogens is 474 g/mol. The van der Waals surface area contributed by atoms with Gasteiger partial charge in [-0.15, -0.1) is 0 Å². The first-order valence-corrected chi connectivity index (χ1v) is 11.4. The van der Waals surface area contributed by atoms with Crippen molar-refractivity contribution in [2.45, 2.75) is 31.8 Å². The molecule has 0 radical (unpaired) electrons. The summed E-state index contributed by atoms with van der Waals surface area (Å²) in [6, 6.07) is 11.6. The summed E-state index contributed by atoms with van der Waals surface area (Å²) in [5.41, 5.74) is 1.84. The Morgan fingerprint density at radius 2 is 1.66 bits per heavy atom. The predicted molar refractivity (Wildman–Crippen MR) is 128 cm³/mol. The molecule has 0 fully saturated rings. The van der Waals surface area contributed by atoms with E-state index in [-0.39, 0.29) is 53.0 Å². The van der Waals surface area contributed by atoms with Crippen LogP contribution in [0, 0.1) is 0 Å². The van der Waals surface area contributed by atoms with Gasteiger partial charge in [0.15, 0.2) is 23.0 Å². The molecule has 0 bridgehead atoms. The number of amides is 1. The van der Waals surface area contributed by atoms with Gasteiger partial charge in [0, 0.05) is 6.42 Å². The quantitative estimate of drug-likeness (QED) is 0.309. The van der Waals surface area contributed by atoms with Crippen LogP contribution in [0.15, 0.2) is 54.6 Å².